The maximum absolute atomic E-state index is 13.1. The van der Waals surface area contributed by atoms with E-state index in [2.05, 4.69) is 4.72 Å². The lowest BCUT2D eigenvalue weighted by molar-refractivity contribution is -0.137. The number of carbonyl (C=O) groups is 1. The summed E-state index contributed by atoms with van der Waals surface area (Å²) in [5.41, 5.74) is 1.63. The van der Waals surface area contributed by atoms with Gasteiger partial charge in [-0.2, -0.15) is 13.2 Å². The standard InChI is InChI=1S/C23H18ClF3N2O4S/c1-34(32,33)28-20-12-16(4-7-21(20)30)29-9-8-14-10-13(2-5-18(14)22(29)31)17-6-3-15(11-19(17)24)23(25,26)27/h2-7,10-12,28,30H,8-9H2,1H3. The number of benzene rings is 3. The zero-order chi connectivity index (χ0) is 24.8. The number of fused-ring (bicyclic) bond motifs is 1. The summed E-state index contributed by atoms with van der Waals surface area (Å²) in [5, 5.41) is 9.89. The first-order chi connectivity index (χ1) is 15.8. The number of aromatic hydroxyl groups is 1. The average molecular weight is 511 g/mol. The van der Waals surface area contributed by atoms with Crippen LogP contribution in [0.25, 0.3) is 11.1 Å². The van der Waals surface area contributed by atoms with Gasteiger partial charge in [0.1, 0.15) is 5.75 Å². The van der Waals surface area contributed by atoms with Crippen LogP contribution in [0.2, 0.25) is 5.02 Å². The summed E-state index contributed by atoms with van der Waals surface area (Å²) in [6, 6.07) is 12.2. The Kier molecular flexibility index (Phi) is 5.99. The van der Waals surface area contributed by atoms with Gasteiger partial charge in [0.15, 0.2) is 0 Å². The molecule has 1 amide bonds. The van der Waals surface area contributed by atoms with Crippen LogP contribution in [0.15, 0.2) is 54.6 Å². The van der Waals surface area contributed by atoms with Gasteiger partial charge in [0, 0.05) is 28.4 Å². The van der Waals surface area contributed by atoms with E-state index in [-0.39, 0.29) is 28.9 Å². The highest BCUT2D eigenvalue weighted by Gasteiger charge is 2.31. The number of phenols is 1. The molecular weight excluding hydrogens is 493 g/mol. The quantitative estimate of drug-likeness (QED) is 0.466. The summed E-state index contributed by atoms with van der Waals surface area (Å²) >= 11 is 6.11. The third kappa shape index (κ3) is 4.83. The monoisotopic (exact) mass is 510 g/mol. The second-order valence-corrected chi connectivity index (χ2v) is 10.0. The molecule has 6 nitrogen and oxygen atoms in total. The maximum Gasteiger partial charge on any atom is 0.416 e. The van der Waals surface area contributed by atoms with Crippen LogP contribution in [0, 0.1) is 0 Å². The molecule has 0 aliphatic carbocycles. The van der Waals surface area contributed by atoms with Crippen molar-refractivity contribution < 1.29 is 31.5 Å². The molecule has 2 N–H and O–H groups in total. The number of amides is 1. The van der Waals surface area contributed by atoms with E-state index in [0.717, 1.165) is 18.4 Å². The lowest BCUT2D eigenvalue weighted by atomic mass is 9.93. The third-order valence-electron chi connectivity index (χ3n) is 5.38. The molecule has 1 heterocycles. The highest BCUT2D eigenvalue weighted by Crippen LogP contribution is 2.37. The molecule has 178 valence electrons. The first-order valence-electron chi connectivity index (χ1n) is 9.96. The lowest BCUT2D eigenvalue weighted by Gasteiger charge is -2.29. The number of hydrogen-bond donors (Lipinski definition) is 2. The second kappa shape index (κ2) is 8.52. The Bertz CT molecular complexity index is 1410. The second-order valence-electron chi connectivity index (χ2n) is 7.85. The van der Waals surface area contributed by atoms with Gasteiger partial charge in [-0.05, 0) is 53.9 Å². The van der Waals surface area contributed by atoms with Crippen LogP contribution in [-0.2, 0) is 22.6 Å². The van der Waals surface area contributed by atoms with Gasteiger partial charge in [-0.25, -0.2) is 8.42 Å². The largest absolute Gasteiger partial charge is 0.506 e. The minimum absolute atomic E-state index is 0.0477. The molecule has 1 aliphatic rings. The molecule has 0 atom stereocenters. The van der Waals surface area contributed by atoms with E-state index < -0.39 is 21.8 Å². The number of hydrogen-bond acceptors (Lipinski definition) is 4. The summed E-state index contributed by atoms with van der Waals surface area (Å²) in [7, 11) is -3.64. The van der Waals surface area contributed by atoms with E-state index in [1.165, 1.54) is 29.2 Å². The van der Waals surface area contributed by atoms with Gasteiger partial charge in [-0.1, -0.05) is 29.8 Å². The number of rotatable bonds is 4. The minimum Gasteiger partial charge on any atom is -0.506 e. The molecule has 34 heavy (non-hydrogen) atoms. The molecule has 0 saturated carbocycles. The molecule has 1 aliphatic heterocycles. The van der Waals surface area contributed by atoms with Gasteiger partial charge in [0.05, 0.1) is 17.5 Å². The molecule has 0 aromatic heterocycles. The van der Waals surface area contributed by atoms with E-state index in [9.17, 15) is 31.5 Å². The van der Waals surface area contributed by atoms with Crippen LogP contribution >= 0.6 is 11.6 Å². The Morgan fingerprint density at radius 2 is 1.74 bits per heavy atom. The van der Waals surface area contributed by atoms with Gasteiger partial charge in [-0.15, -0.1) is 0 Å². The van der Waals surface area contributed by atoms with E-state index in [1.54, 1.807) is 18.2 Å². The molecule has 0 unspecified atom stereocenters. The van der Waals surface area contributed by atoms with Crippen molar-refractivity contribution in [3.8, 4) is 16.9 Å². The van der Waals surface area contributed by atoms with E-state index in [0.29, 0.717) is 34.4 Å². The maximum atomic E-state index is 13.1. The summed E-state index contributed by atoms with van der Waals surface area (Å²) in [6.45, 7) is 0.277. The molecule has 3 aromatic rings. The van der Waals surface area contributed by atoms with Crippen molar-refractivity contribution in [1.29, 1.82) is 0 Å². The Labute approximate surface area is 198 Å². The topological polar surface area (TPSA) is 86.7 Å². The number of halogens is 4. The van der Waals surface area contributed by atoms with Crippen LogP contribution in [0.1, 0.15) is 21.5 Å². The first-order valence-corrected chi connectivity index (χ1v) is 12.2. The van der Waals surface area contributed by atoms with Crippen LogP contribution in [0.3, 0.4) is 0 Å². The van der Waals surface area contributed by atoms with Crippen LogP contribution in [0.5, 0.6) is 5.75 Å². The van der Waals surface area contributed by atoms with Crippen LogP contribution < -0.4 is 9.62 Å². The van der Waals surface area contributed by atoms with Crippen molar-refractivity contribution in [3.05, 3.63) is 76.3 Å². The number of nitrogens with one attached hydrogen (secondary N) is 1. The van der Waals surface area contributed by atoms with E-state index in [4.69, 9.17) is 11.6 Å². The van der Waals surface area contributed by atoms with Crippen molar-refractivity contribution >= 4 is 38.9 Å². The van der Waals surface area contributed by atoms with Crippen molar-refractivity contribution in [1.82, 2.24) is 0 Å². The van der Waals surface area contributed by atoms with Crippen molar-refractivity contribution in [2.45, 2.75) is 12.6 Å². The zero-order valence-electron chi connectivity index (χ0n) is 17.6. The number of phenolic OH excluding ortho intramolecular Hbond substituents is 1. The Morgan fingerprint density at radius 3 is 2.38 bits per heavy atom. The molecule has 4 rings (SSSR count). The normalized spacial score (nSPS) is 14.1. The highest BCUT2D eigenvalue weighted by molar-refractivity contribution is 7.92. The van der Waals surface area contributed by atoms with Crippen molar-refractivity contribution in [3.63, 3.8) is 0 Å². The number of nitrogens with zero attached hydrogens (tertiary/aromatic N) is 1. The fourth-order valence-electron chi connectivity index (χ4n) is 3.80. The molecule has 0 saturated heterocycles. The number of carbonyl (C=O) groups excluding carboxylic acids is 1. The molecule has 11 heteroatoms. The molecular formula is C23H18ClF3N2O4S. The third-order valence-corrected chi connectivity index (χ3v) is 6.28. The van der Waals surface area contributed by atoms with Crippen molar-refractivity contribution in [2.24, 2.45) is 0 Å². The SMILES string of the molecule is CS(=O)(=O)Nc1cc(N2CCc3cc(-c4ccc(C(F)(F)F)cc4Cl)ccc3C2=O)ccc1O. The predicted octanol–water partition coefficient (Wildman–Crippen LogP) is 5.31. The average Bonchev–Trinajstić information content (AvgIpc) is 2.74. The lowest BCUT2D eigenvalue weighted by Crippen LogP contribution is -2.37. The summed E-state index contributed by atoms with van der Waals surface area (Å²) in [4.78, 5) is 14.6. The van der Waals surface area contributed by atoms with Gasteiger partial charge >= 0.3 is 6.18 Å². The van der Waals surface area contributed by atoms with Gasteiger partial charge in [0.2, 0.25) is 10.0 Å². The number of anilines is 2. The Balaban J connectivity index is 1.64. The zero-order valence-corrected chi connectivity index (χ0v) is 19.2. The summed E-state index contributed by atoms with van der Waals surface area (Å²) in [5.74, 6) is -0.612. The van der Waals surface area contributed by atoms with Crippen LogP contribution in [0.4, 0.5) is 24.5 Å². The molecule has 0 bridgehead atoms. The first kappa shape index (κ1) is 23.9. The highest BCUT2D eigenvalue weighted by atomic mass is 35.5. The van der Waals surface area contributed by atoms with Gasteiger partial charge < -0.3 is 10.0 Å². The molecule has 0 spiro atoms. The fraction of sp³-hybridized carbons (Fsp3) is 0.174. The van der Waals surface area contributed by atoms with Crippen molar-refractivity contribution in [2.75, 3.05) is 22.4 Å². The minimum atomic E-state index is -4.50. The fourth-order valence-corrected chi connectivity index (χ4v) is 4.65. The predicted molar refractivity (Wildman–Crippen MR) is 124 cm³/mol. The van der Waals surface area contributed by atoms with Gasteiger partial charge in [-0.3, -0.25) is 9.52 Å². The Morgan fingerprint density at radius 1 is 1.03 bits per heavy atom. The summed E-state index contributed by atoms with van der Waals surface area (Å²) < 4.78 is 64.1. The van der Waals surface area contributed by atoms with Crippen LogP contribution in [-0.4, -0.2) is 32.2 Å². The number of sulfonamides is 1. The smallest absolute Gasteiger partial charge is 0.416 e. The molecule has 0 radical (unpaired) electrons. The molecule has 3 aromatic carbocycles. The Hall–Kier alpha value is -3.24. The molecule has 0 fully saturated rings. The number of alkyl halides is 3. The van der Waals surface area contributed by atoms with E-state index >= 15 is 0 Å². The van der Waals surface area contributed by atoms with E-state index in [1.807, 2.05) is 0 Å². The van der Waals surface area contributed by atoms with Gasteiger partial charge in [0.25, 0.3) is 5.91 Å². The summed E-state index contributed by atoms with van der Waals surface area (Å²) in [6.07, 6.45) is -3.11.